The highest BCUT2D eigenvalue weighted by molar-refractivity contribution is 7.89. The van der Waals surface area contributed by atoms with E-state index in [9.17, 15) is 26.4 Å². The number of carboxylic acids is 1. The molecule has 1 aliphatic rings. The predicted molar refractivity (Wildman–Crippen MR) is 113 cm³/mol. The van der Waals surface area contributed by atoms with Crippen LogP contribution in [-0.4, -0.2) is 80.1 Å². The molecular formula is C20H30F3N3O5S. The maximum absolute atomic E-state index is 13.1. The second-order valence-electron chi connectivity index (χ2n) is 7.87. The second kappa shape index (κ2) is 11.6. The largest absolute Gasteiger partial charge is 0.490 e. The van der Waals surface area contributed by atoms with E-state index in [1.54, 1.807) is 17.0 Å². The molecular weight excluding hydrogens is 451 g/mol. The Hall–Kier alpha value is -2.18. The summed E-state index contributed by atoms with van der Waals surface area (Å²) < 4.78 is 59.2. The van der Waals surface area contributed by atoms with Crippen LogP contribution in [0.1, 0.15) is 25.0 Å². The molecule has 1 saturated heterocycles. The summed E-state index contributed by atoms with van der Waals surface area (Å²) in [5, 5.41) is 10.3. The van der Waals surface area contributed by atoms with E-state index in [1.165, 1.54) is 4.31 Å². The van der Waals surface area contributed by atoms with Gasteiger partial charge >= 0.3 is 12.1 Å². The van der Waals surface area contributed by atoms with E-state index >= 15 is 0 Å². The lowest BCUT2D eigenvalue weighted by molar-refractivity contribution is -0.192. The fraction of sp³-hybridized carbons (Fsp3) is 0.600. The molecule has 8 nitrogen and oxygen atoms in total. The molecule has 1 aromatic carbocycles. The Morgan fingerprint density at radius 1 is 1.16 bits per heavy atom. The number of hydrogen-bond donors (Lipinski definition) is 2. The molecule has 1 aromatic rings. The van der Waals surface area contributed by atoms with Crippen molar-refractivity contribution < 1.29 is 36.3 Å². The minimum atomic E-state index is -5.08. The number of carboxylic acid groups (broad SMARTS) is 1. The standard InChI is InChI=1S/C18H29N3O3S.C2HF3O2/c1-14(2)12-21(13-18(22)20-9-7-19-8-10-20)25(23,24)17-6-5-15(3)16(4)11-17;3-2(4,5)1(6)7/h5-6,11,14,19H,7-10,12-13H2,1-4H3;(H,6,7). The summed E-state index contributed by atoms with van der Waals surface area (Å²) in [7, 11) is -3.70. The molecule has 12 heteroatoms. The van der Waals surface area contributed by atoms with Gasteiger partial charge in [-0.2, -0.15) is 17.5 Å². The van der Waals surface area contributed by atoms with Crippen LogP contribution in [0, 0.1) is 19.8 Å². The van der Waals surface area contributed by atoms with Crippen molar-refractivity contribution >= 4 is 21.9 Å². The van der Waals surface area contributed by atoms with E-state index in [2.05, 4.69) is 5.32 Å². The molecule has 0 saturated carbocycles. The highest BCUT2D eigenvalue weighted by Gasteiger charge is 2.38. The molecule has 2 N–H and O–H groups in total. The molecule has 0 aromatic heterocycles. The summed E-state index contributed by atoms with van der Waals surface area (Å²) in [5.41, 5.74) is 1.98. The third-order valence-corrected chi connectivity index (χ3v) is 6.52. The zero-order chi connectivity index (χ0) is 24.7. The number of hydrogen-bond acceptors (Lipinski definition) is 5. The number of amides is 1. The van der Waals surface area contributed by atoms with Crippen LogP contribution in [0.3, 0.4) is 0 Å². The van der Waals surface area contributed by atoms with E-state index < -0.39 is 22.2 Å². The van der Waals surface area contributed by atoms with E-state index in [0.29, 0.717) is 19.6 Å². The number of alkyl halides is 3. The van der Waals surface area contributed by atoms with Gasteiger partial charge in [0, 0.05) is 32.7 Å². The topological polar surface area (TPSA) is 107 Å². The van der Waals surface area contributed by atoms with Crippen molar-refractivity contribution in [2.24, 2.45) is 5.92 Å². The summed E-state index contributed by atoms with van der Waals surface area (Å²) in [6.07, 6.45) is -5.08. The predicted octanol–water partition coefficient (Wildman–Crippen LogP) is 2.02. The fourth-order valence-corrected chi connectivity index (χ4v) is 4.48. The molecule has 0 radical (unpaired) electrons. The van der Waals surface area contributed by atoms with Crippen LogP contribution < -0.4 is 5.32 Å². The van der Waals surface area contributed by atoms with Crippen LogP contribution >= 0.6 is 0 Å². The molecule has 0 atom stereocenters. The maximum Gasteiger partial charge on any atom is 0.490 e. The lowest BCUT2D eigenvalue weighted by Gasteiger charge is -2.30. The van der Waals surface area contributed by atoms with Gasteiger partial charge in [-0.1, -0.05) is 19.9 Å². The fourth-order valence-electron chi connectivity index (χ4n) is 2.84. The van der Waals surface area contributed by atoms with Gasteiger partial charge in [0.15, 0.2) is 0 Å². The van der Waals surface area contributed by atoms with Crippen molar-refractivity contribution in [3.05, 3.63) is 29.3 Å². The van der Waals surface area contributed by atoms with Crippen molar-refractivity contribution in [2.75, 3.05) is 39.3 Å². The molecule has 1 amide bonds. The molecule has 0 unspecified atom stereocenters. The molecule has 1 heterocycles. The number of piperazine rings is 1. The minimum Gasteiger partial charge on any atom is -0.475 e. The number of sulfonamides is 1. The normalized spacial score (nSPS) is 14.8. The Morgan fingerprint density at radius 2 is 1.69 bits per heavy atom. The van der Waals surface area contributed by atoms with Gasteiger partial charge in [-0.05, 0) is 43.0 Å². The second-order valence-corrected chi connectivity index (χ2v) is 9.81. The van der Waals surface area contributed by atoms with Crippen molar-refractivity contribution in [3.63, 3.8) is 0 Å². The van der Waals surface area contributed by atoms with Gasteiger partial charge in [-0.3, -0.25) is 4.79 Å². The summed E-state index contributed by atoms with van der Waals surface area (Å²) in [6, 6.07) is 5.13. The van der Waals surface area contributed by atoms with E-state index in [4.69, 9.17) is 9.90 Å². The lowest BCUT2D eigenvalue weighted by atomic mass is 10.1. The number of halogens is 3. The number of rotatable bonds is 6. The van der Waals surface area contributed by atoms with Gasteiger partial charge in [0.2, 0.25) is 15.9 Å². The summed E-state index contributed by atoms with van der Waals surface area (Å²) >= 11 is 0. The molecule has 32 heavy (non-hydrogen) atoms. The van der Waals surface area contributed by atoms with Crippen LogP contribution in [0.5, 0.6) is 0 Å². The van der Waals surface area contributed by atoms with Gasteiger partial charge in [-0.25, -0.2) is 13.2 Å². The van der Waals surface area contributed by atoms with Crippen LogP contribution in [0.4, 0.5) is 13.2 Å². The van der Waals surface area contributed by atoms with Gasteiger partial charge in [-0.15, -0.1) is 0 Å². The van der Waals surface area contributed by atoms with Crippen molar-refractivity contribution in [2.45, 2.75) is 38.8 Å². The smallest absolute Gasteiger partial charge is 0.475 e. The first kappa shape index (κ1) is 27.9. The third kappa shape index (κ3) is 8.40. The monoisotopic (exact) mass is 481 g/mol. The summed E-state index contributed by atoms with van der Waals surface area (Å²) in [6.45, 7) is 10.7. The van der Waals surface area contributed by atoms with Gasteiger partial charge in [0.05, 0.1) is 11.4 Å². The number of aliphatic carboxylic acids is 1. The quantitative estimate of drug-likeness (QED) is 0.644. The first-order valence-corrected chi connectivity index (χ1v) is 11.5. The molecule has 182 valence electrons. The van der Waals surface area contributed by atoms with E-state index in [0.717, 1.165) is 24.2 Å². The molecule has 1 aliphatic heterocycles. The van der Waals surface area contributed by atoms with Crippen molar-refractivity contribution in [1.82, 2.24) is 14.5 Å². The summed E-state index contributed by atoms with van der Waals surface area (Å²) in [5.74, 6) is -2.75. The van der Waals surface area contributed by atoms with E-state index in [-0.39, 0.29) is 23.3 Å². The Balaban J connectivity index is 0.000000633. The first-order chi connectivity index (χ1) is 14.7. The Morgan fingerprint density at radius 3 is 2.12 bits per heavy atom. The number of carbonyl (C=O) groups excluding carboxylic acids is 1. The van der Waals surface area contributed by atoms with Crippen LogP contribution in [0.15, 0.2) is 23.1 Å². The Labute approximate surface area is 186 Å². The first-order valence-electron chi connectivity index (χ1n) is 10.0. The van der Waals surface area contributed by atoms with Gasteiger partial charge in [0.1, 0.15) is 0 Å². The molecule has 2 rings (SSSR count). The van der Waals surface area contributed by atoms with Crippen molar-refractivity contribution in [3.8, 4) is 0 Å². The summed E-state index contributed by atoms with van der Waals surface area (Å²) in [4.78, 5) is 23.5. The average molecular weight is 482 g/mol. The number of carbonyl (C=O) groups is 2. The number of nitrogens with one attached hydrogen (secondary N) is 1. The van der Waals surface area contributed by atoms with Gasteiger partial charge in [0.25, 0.3) is 0 Å². The minimum absolute atomic E-state index is 0.104. The third-order valence-electron chi connectivity index (χ3n) is 4.71. The Kier molecular flexibility index (Phi) is 10.1. The SMILES string of the molecule is Cc1ccc(S(=O)(=O)N(CC(=O)N2CCNCC2)CC(C)C)cc1C.O=C(O)C(F)(F)F. The number of benzene rings is 1. The number of nitrogens with zero attached hydrogens (tertiary/aromatic N) is 2. The molecule has 1 fully saturated rings. The van der Waals surface area contributed by atoms with Crippen LogP contribution in [0.25, 0.3) is 0 Å². The zero-order valence-electron chi connectivity index (χ0n) is 18.6. The van der Waals surface area contributed by atoms with Crippen LogP contribution in [0.2, 0.25) is 0 Å². The van der Waals surface area contributed by atoms with Crippen molar-refractivity contribution in [1.29, 1.82) is 0 Å². The molecule has 0 spiro atoms. The van der Waals surface area contributed by atoms with Gasteiger partial charge < -0.3 is 15.3 Å². The molecule has 0 bridgehead atoms. The zero-order valence-corrected chi connectivity index (χ0v) is 19.4. The van der Waals surface area contributed by atoms with E-state index in [1.807, 2.05) is 33.8 Å². The maximum atomic E-state index is 13.1. The lowest BCUT2D eigenvalue weighted by Crippen LogP contribution is -2.50. The molecule has 0 aliphatic carbocycles. The van der Waals surface area contributed by atoms with Crippen LogP contribution in [-0.2, 0) is 19.6 Å². The highest BCUT2D eigenvalue weighted by atomic mass is 32.2. The highest BCUT2D eigenvalue weighted by Crippen LogP contribution is 2.20. The Bertz CT molecular complexity index is 898. The number of aryl methyl sites for hydroxylation is 2. The average Bonchev–Trinajstić information content (AvgIpc) is 2.69.